The van der Waals surface area contributed by atoms with Crippen molar-refractivity contribution in [2.45, 2.75) is 18.8 Å². The lowest BCUT2D eigenvalue weighted by Gasteiger charge is -2.20. The number of aromatic nitrogens is 2. The van der Waals surface area contributed by atoms with Gasteiger partial charge in [0.25, 0.3) is 0 Å². The fourth-order valence-electron chi connectivity index (χ4n) is 1.16. The van der Waals surface area contributed by atoms with Crippen molar-refractivity contribution in [2.75, 3.05) is 18.5 Å². The van der Waals surface area contributed by atoms with Crippen molar-refractivity contribution in [2.24, 2.45) is 0 Å². The van der Waals surface area contributed by atoms with E-state index in [9.17, 15) is 26.3 Å². The Balaban J connectivity index is 2.91. The van der Waals surface area contributed by atoms with Crippen LogP contribution in [0.5, 0.6) is 0 Å². The number of anilines is 1. The second-order valence-corrected chi connectivity index (χ2v) is 4.00. The van der Waals surface area contributed by atoms with E-state index < -0.39 is 36.3 Å². The number of halogens is 7. The van der Waals surface area contributed by atoms with Gasteiger partial charge in [0.15, 0.2) is 5.69 Å². The summed E-state index contributed by atoms with van der Waals surface area (Å²) in [5.41, 5.74) is -1.30. The van der Waals surface area contributed by atoms with Crippen LogP contribution < -0.4 is 4.90 Å². The zero-order chi connectivity index (χ0) is 14.8. The van der Waals surface area contributed by atoms with E-state index in [4.69, 9.17) is 11.6 Å². The van der Waals surface area contributed by atoms with Gasteiger partial charge >= 0.3 is 12.4 Å². The molecule has 1 aromatic heterocycles. The van der Waals surface area contributed by atoms with E-state index in [1.165, 1.54) is 7.05 Å². The van der Waals surface area contributed by atoms with Crippen molar-refractivity contribution >= 4 is 17.4 Å². The molecule has 0 spiro atoms. The highest BCUT2D eigenvalue weighted by atomic mass is 35.5. The SMILES string of the molecule is CN(CCC(F)(F)F)c1cc(C(F)(F)F)nc(Cl)n1. The third-order valence-corrected chi connectivity index (χ3v) is 2.27. The highest BCUT2D eigenvalue weighted by Crippen LogP contribution is 2.30. The van der Waals surface area contributed by atoms with Gasteiger partial charge in [0.05, 0.1) is 6.42 Å². The maximum Gasteiger partial charge on any atom is 0.433 e. The molecule has 0 aliphatic heterocycles. The van der Waals surface area contributed by atoms with E-state index in [2.05, 4.69) is 9.97 Å². The maximum atomic E-state index is 12.4. The highest BCUT2D eigenvalue weighted by molar-refractivity contribution is 6.28. The van der Waals surface area contributed by atoms with Crippen LogP contribution in [0, 0.1) is 0 Å². The molecular formula is C9H8ClF6N3. The third kappa shape index (κ3) is 5.09. The van der Waals surface area contributed by atoms with Gasteiger partial charge in [0.1, 0.15) is 5.82 Å². The Morgan fingerprint density at radius 3 is 2.21 bits per heavy atom. The van der Waals surface area contributed by atoms with Gasteiger partial charge in [0.2, 0.25) is 5.28 Å². The molecule has 0 radical (unpaired) electrons. The minimum Gasteiger partial charge on any atom is -0.359 e. The maximum absolute atomic E-state index is 12.4. The molecule has 108 valence electrons. The summed E-state index contributed by atoms with van der Waals surface area (Å²) in [7, 11) is 1.19. The van der Waals surface area contributed by atoms with E-state index >= 15 is 0 Å². The van der Waals surface area contributed by atoms with E-state index in [-0.39, 0.29) is 5.82 Å². The average Bonchev–Trinajstić information content (AvgIpc) is 2.22. The van der Waals surface area contributed by atoms with Gasteiger partial charge in [-0.25, -0.2) is 9.97 Å². The van der Waals surface area contributed by atoms with E-state index in [0.29, 0.717) is 6.07 Å². The minimum atomic E-state index is -4.74. The van der Waals surface area contributed by atoms with Gasteiger partial charge in [-0.1, -0.05) is 0 Å². The van der Waals surface area contributed by atoms with Crippen LogP contribution in [0.2, 0.25) is 5.28 Å². The standard InChI is InChI=1S/C9H8ClF6N3/c1-19(3-2-8(11,12)13)6-4-5(9(14,15)16)17-7(10)18-6/h4H,2-3H2,1H3. The number of hydrogen-bond acceptors (Lipinski definition) is 3. The lowest BCUT2D eigenvalue weighted by atomic mass is 10.3. The lowest BCUT2D eigenvalue weighted by molar-refractivity contribution is -0.141. The van der Waals surface area contributed by atoms with Crippen LogP contribution >= 0.6 is 11.6 Å². The summed E-state index contributed by atoms with van der Waals surface area (Å²) >= 11 is 5.32. The van der Waals surface area contributed by atoms with E-state index in [1.807, 2.05) is 0 Å². The summed E-state index contributed by atoms with van der Waals surface area (Å²) in [6.07, 6.45) is -10.3. The lowest BCUT2D eigenvalue weighted by Crippen LogP contribution is -2.25. The molecule has 0 saturated heterocycles. The first-order valence-corrected chi connectivity index (χ1v) is 5.26. The molecule has 1 heterocycles. The molecule has 3 nitrogen and oxygen atoms in total. The van der Waals surface area contributed by atoms with Crippen LogP contribution in [0.3, 0.4) is 0 Å². The summed E-state index contributed by atoms with van der Waals surface area (Å²) in [6.45, 7) is -0.534. The molecule has 0 unspecified atom stereocenters. The predicted octanol–water partition coefficient (Wildman–Crippen LogP) is 3.54. The molecule has 1 rings (SSSR count). The molecule has 1 aromatic rings. The topological polar surface area (TPSA) is 29.0 Å². The molecule has 0 aromatic carbocycles. The van der Waals surface area contributed by atoms with E-state index in [1.54, 1.807) is 0 Å². The Labute approximate surface area is 109 Å². The van der Waals surface area contributed by atoms with Crippen LogP contribution in [-0.4, -0.2) is 29.7 Å². The first kappa shape index (κ1) is 15.8. The van der Waals surface area contributed by atoms with Gasteiger partial charge < -0.3 is 4.90 Å². The van der Waals surface area contributed by atoms with Crippen LogP contribution in [-0.2, 0) is 6.18 Å². The number of nitrogens with zero attached hydrogens (tertiary/aromatic N) is 3. The highest BCUT2D eigenvalue weighted by Gasteiger charge is 2.34. The van der Waals surface area contributed by atoms with Crippen molar-refractivity contribution in [3.8, 4) is 0 Å². The van der Waals surface area contributed by atoms with E-state index in [0.717, 1.165) is 4.90 Å². The predicted molar refractivity (Wildman–Crippen MR) is 56.0 cm³/mol. The van der Waals surface area contributed by atoms with Crippen molar-refractivity contribution < 1.29 is 26.3 Å². The monoisotopic (exact) mass is 307 g/mol. The van der Waals surface area contributed by atoms with Crippen molar-refractivity contribution in [1.82, 2.24) is 9.97 Å². The Hall–Kier alpha value is -1.25. The first-order valence-electron chi connectivity index (χ1n) is 4.89. The number of alkyl halides is 6. The Morgan fingerprint density at radius 1 is 1.16 bits per heavy atom. The number of rotatable bonds is 3. The second-order valence-electron chi connectivity index (χ2n) is 3.66. The van der Waals surface area contributed by atoms with Crippen LogP contribution in [0.1, 0.15) is 12.1 Å². The fraction of sp³-hybridized carbons (Fsp3) is 0.556. The Morgan fingerprint density at radius 2 is 1.74 bits per heavy atom. The summed E-state index contributed by atoms with van der Waals surface area (Å²) in [5, 5.41) is -0.677. The summed E-state index contributed by atoms with van der Waals surface area (Å²) in [5.74, 6) is -0.323. The van der Waals surface area contributed by atoms with Crippen molar-refractivity contribution in [1.29, 1.82) is 0 Å². The minimum absolute atomic E-state index is 0.323. The smallest absolute Gasteiger partial charge is 0.359 e. The van der Waals surface area contributed by atoms with Crippen molar-refractivity contribution in [3.63, 3.8) is 0 Å². The molecule has 0 aliphatic carbocycles. The molecule has 0 saturated carbocycles. The molecule has 0 atom stereocenters. The summed E-state index contributed by atoms with van der Waals surface area (Å²) < 4.78 is 73.4. The molecular weight excluding hydrogens is 300 g/mol. The van der Waals surface area contributed by atoms with Crippen molar-refractivity contribution in [3.05, 3.63) is 17.0 Å². The Kier molecular flexibility index (Phi) is 4.49. The molecule has 0 fully saturated rings. The molecule has 0 aliphatic rings. The quantitative estimate of drug-likeness (QED) is 0.632. The average molecular weight is 308 g/mol. The molecule has 0 bridgehead atoms. The molecule has 0 amide bonds. The van der Waals surface area contributed by atoms with Gasteiger partial charge in [0, 0.05) is 19.7 Å². The Bertz CT molecular complexity index is 445. The summed E-state index contributed by atoms with van der Waals surface area (Å²) in [4.78, 5) is 7.36. The fourth-order valence-corrected chi connectivity index (χ4v) is 1.33. The zero-order valence-electron chi connectivity index (χ0n) is 9.48. The molecule has 19 heavy (non-hydrogen) atoms. The third-order valence-electron chi connectivity index (χ3n) is 2.10. The van der Waals surface area contributed by atoms with Crippen LogP contribution in [0.15, 0.2) is 6.07 Å². The normalized spacial score (nSPS) is 12.6. The van der Waals surface area contributed by atoms with Gasteiger partial charge in [-0.3, -0.25) is 0 Å². The summed E-state index contributed by atoms with van der Waals surface area (Å²) in [6, 6.07) is 0.544. The number of hydrogen-bond donors (Lipinski definition) is 0. The van der Waals surface area contributed by atoms with Gasteiger partial charge in [-0.15, -0.1) is 0 Å². The first-order chi connectivity index (χ1) is 8.49. The molecule has 0 N–H and O–H groups in total. The van der Waals surface area contributed by atoms with Crippen LogP contribution in [0.4, 0.5) is 32.2 Å². The zero-order valence-corrected chi connectivity index (χ0v) is 10.2. The molecule has 10 heteroatoms. The largest absolute Gasteiger partial charge is 0.433 e. The van der Waals surface area contributed by atoms with Gasteiger partial charge in [-0.2, -0.15) is 26.3 Å². The van der Waals surface area contributed by atoms with Gasteiger partial charge in [-0.05, 0) is 11.6 Å². The van der Waals surface area contributed by atoms with Crippen LogP contribution in [0.25, 0.3) is 0 Å². The second kappa shape index (κ2) is 5.40.